The molecule has 3 nitrogen and oxygen atoms in total. The van der Waals surface area contributed by atoms with Gasteiger partial charge in [-0.3, -0.25) is 4.79 Å². The second kappa shape index (κ2) is 10.9. The van der Waals surface area contributed by atoms with E-state index in [9.17, 15) is 4.79 Å². The third kappa shape index (κ3) is 5.43. The van der Waals surface area contributed by atoms with Gasteiger partial charge in [0.25, 0.3) is 0 Å². The molecule has 1 aliphatic rings. The second-order valence-electron chi connectivity index (χ2n) is 13.2. The third-order valence-corrected chi connectivity index (χ3v) is 8.31. The predicted octanol–water partition coefficient (Wildman–Crippen LogP) is 9.82. The largest absolute Gasteiger partial charge is 0.495 e. The number of benzene rings is 4. The summed E-state index contributed by atoms with van der Waals surface area (Å²) in [4.78, 5) is 13.5. The van der Waals surface area contributed by atoms with Gasteiger partial charge in [0.05, 0.1) is 14.2 Å². The summed E-state index contributed by atoms with van der Waals surface area (Å²) in [6.07, 6.45) is 2.26. The van der Waals surface area contributed by atoms with Gasteiger partial charge in [-0.15, -0.1) is 0 Å². The number of hydrogen-bond acceptors (Lipinski definition) is 3. The van der Waals surface area contributed by atoms with Crippen molar-refractivity contribution < 1.29 is 14.3 Å². The number of para-hydroxylation sites is 1. The van der Waals surface area contributed by atoms with E-state index < -0.39 is 0 Å². The number of hydrogen-bond donors (Lipinski definition) is 0. The molecule has 41 heavy (non-hydrogen) atoms. The Morgan fingerprint density at radius 1 is 0.585 bits per heavy atom. The zero-order chi connectivity index (χ0) is 29.5. The minimum absolute atomic E-state index is 0.0644. The average Bonchev–Trinajstić information content (AvgIpc) is 2.95. The molecule has 0 unspecified atom stereocenters. The summed E-state index contributed by atoms with van der Waals surface area (Å²) in [5.41, 5.74) is 10.4. The molecule has 5 rings (SSSR count). The lowest BCUT2D eigenvalue weighted by molar-refractivity contribution is 0.0973. The highest BCUT2D eigenvalue weighted by Crippen LogP contribution is 2.50. The molecule has 0 saturated heterocycles. The smallest absolute Gasteiger partial charge is 0.163 e. The summed E-state index contributed by atoms with van der Waals surface area (Å²) in [6, 6.07) is 25.8. The van der Waals surface area contributed by atoms with E-state index in [0.717, 1.165) is 63.1 Å². The number of methoxy groups -OCH3 is 2. The summed E-state index contributed by atoms with van der Waals surface area (Å²) in [5.74, 6) is 1.62. The Bertz CT molecular complexity index is 1580. The molecule has 0 aliphatic heterocycles. The summed E-state index contributed by atoms with van der Waals surface area (Å²) in [6.45, 7) is 13.3. The van der Waals surface area contributed by atoms with Gasteiger partial charge in [0.1, 0.15) is 11.5 Å². The normalized spacial score (nSPS) is 13.6. The fourth-order valence-corrected chi connectivity index (χ4v) is 5.96. The maximum atomic E-state index is 13.5. The lowest BCUT2D eigenvalue weighted by Gasteiger charge is -2.26. The first kappa shape index (κ1) is 28.7. The Kier molecular flexibility index (Phi) is 7.59. The molecule has 0 amide bonds. The molecule has 0 fully saturated rings. The Morgan fingerprint density at radius 3 is 1.61 bits per heavy atom. The van der Waals surface area contributed by atoms with Crippen molar-refractivity contribution in [2.24, 2.45) is 0 Å². The lowest BCUT2D eigenvalue weighted by Crippen LogP contribution is -2.14. The van der Waals surface area contributed by atoms with Crippen LogP contribution >= 0.6 is 0 Å². The predicted molar refractivity (Wildman–Crippen MR) is 171 cm³/mol. The van der Waals surface area contributed by atoms with E-state index in [1.807, 2.05) is 0 Å². The van der Waals surface area contributed by atoms with E-state index >= 15 is 0 Å². The number of carbonyl (C=O) groups is 1. The van der Waals surface area contributed by atoms with Crippen LogP contribution < -0.4 is 9.47 Å². The van der Waals surface area contributed by atoms with Crippen LogP contribution in [0, 0.1) is 0 Å². The van der Waals surface area contributed by atoms with Crippen LogP contribution in [0.1, 0.15) is 81.4 Å². The number of carbonyl (C=O) groups excluding carboxylic acids is 1. The Labute approximate surface area is 245 Å². The minimum atomic E-state index is 0.0644. The van der Waals surface area contributed by atoms with Gasteiger partial charge in [0.2, 0.25) is 0 Å². The average molecular weight is 547 g/mol. The highest BCUT2D eigenvalue weighted by Gasteiger charge is 2.30. The van der Waals surface area contributed by atoms with Gasteiger partial charge in [-0.1, -0.05) is 108 Å². The molecule has 0 aromatic heterocycles. The zero-order valence-corrected chi connectivity index (χ0v) is 25.8. The van der Waals surface area contributed by atoms with Crippen LogP contribution in [0.3, 0.4) is 0 Å². The van der Waals surface area contributed by atoms with Crippen molar-refractivity contribution in [2.75, 3.05) is 14.2 Å². The van der Waals surface area contributed by atoms with E-state index in [0.29, 0.717) is 12.2 Å². The van der Waals surface area contributed by atoms with Crippen molar-refractivity contribution in [1.82, 2.24) is 0 Å². The van der Waals surface area contributed by atoms with Gasteiger partial charge in [-0.2, -0.15) is 0 Å². The number of rotatable bonds is 5. The second-order valence-corrected chi connectivity index (χ2v) is 13.2. The molecule has 3 heteroatoms. The number of aryl methyl sites for hydroxylation is 1. The first-order valence-electron chi connectivity index (χ1n) is 14.6. The summed E-state index contributed by atoms with van der Waals surface area (Å²) in [5, 5.41) is 0. The fraction of sp³-hybridized carbons (Fsp3) is 0.342. The molecule has 4 aromatic carbocycles. The van der Waals surface area contributed by atoms with E-state index in [1.165, 1.54) is 11.1 Å². The molecule has 0 N–H and O–H groups in total. The van der Waals surface area contributed by atoms with Gasteiger partial charge in [-0.25, -0.2) is 0 Å². The Balaban J connectivity index is 1.76. The maximum Gasteiger partial charge on any atom is 0.163 e. The standard InChI is InChI=1S/C38H42O3/c1-37(2,3)27-19-15-24(16-20-27)29-12-10-13-30(35(29)40-7)34-33-26(11-9-14-32(33)39)23-31(36(34)41-8)25-17-21-28(22-18-25)38(4,5)6/h10,12-13,15-23H,9,11,14H2,1-8H3. The van der Waals surface area contributed by atoms with Crippen molar-refractivity contribution >= 4 is 5.78 Å². The Morgan fingerprint density at radius 2 is 1.10 bits per heavy atom. The van der Waals surface area contributed by atoms with E-state index in [-0.39, 0.29) is 16.6 Å². The van der Waals surface area contributed by atoms with Gasteiger partial charge < -0.3 is 9.47 Å². The lowest BCUT2D eigenvalue weighted by atomic mass is 9.80. The van der Waals surface area contributed by atoms with Crippen LogP contribution in [0.5, 0.6) is 11.5 Å². The highest BCUT2D eigenvalue weighted by atomic mass is 16.5. The summed E-state index contributed by atoms with van der Waals surface area (Å²) >= 11 is 0. The van der Waals surface area contributed by atoms with Gasteiger partial charge in [-0.05, 0) is 57.6 Å². The first-order chi connectivity index (χ1) is 19.4. The molecule has 212 valence electrons. The molecule has 4 aromatic rings. The first-order valence-corrected chi connectivity index (χ1v) is 14.6. The number of Topliss-reactive ketones (excluding diaryl/α,β-unsaturated/α-hetero) is 1. The van der Waals surface area contributed by atoms with Crippen LogP contribution in [-0.4, -0.2) is 20.0 Å². The quantitative estimate of drug-likeness (QED) is 0.250. The zero-order valence-electron chi connectivity index (χ0n) is 25.8. The number of ether oxygens (including phenoxy) is 2. The van der Waals surface area contributed by atoms with Crippen molar-refractivity contribution in [3.8, 4) is 44.9 Å². The van der Waals surface area contributed by atoms with Crippen LogP contribution in [0.25, 0.3) is 33.4 Å². The van der Waals surface area contributed by atoms with Crippen molar-refractivity contribution in [2.45, 2.75) is 71.6 Å². The molecule has 0 heterocycles. The van der Waals surface area contributed by atoms with Gasteiger partial charge in [0, 0.05) is 34.2 Å². The van der Waals surface area contributed by atoms with Crippen molar-refractivity contribution in [3.63, 3.8) is 0 Å². The summed E-state index contributed by atoms with van der Waals surface area (Å²) < 4.78 is 12.3. The van der Waals surface area contributed by atoms with E-state index in [4.69, 9.17) is 9.47 Å². The molecular weight excluding hydrogens is 504 g/mol. The number of ketones is 1. The molecular formula is C38H42O3. The molecule has 1 aliphatic carbocycles. The monoisotopic (exact) mass is 546 g/mol. The fourth-order valence-electron chi connectivity index (χ4n) is 5.96. The highest BCUT2D eigenvalue weighted by molar-refractivity contribution is 6.08. The molecule has 0 radical (unpaired) electrons. The van der Waals surface area contributed by atoms with E-state index in [1.54, 1.807) is 14.2 Å². The molecule has 0 atom stereocenters. The van der Waals surface area contributed by atoms with Gasteiger partial charge in [0.15, 0.2) is 5.78 Å². The summed E-state index contributed by atoms with van der Waals surface area (Å²) in [7, 11) is 3.41. The molecule has 0 bridgehead atoms. The van der Waals surface area contributed by atoms with Crippen LogP contribution in [-0.2, 0) is 17.3 Å². The third-order valence-electron chi connectivity index (χ3n) is 8.31. The van der Waals surface area contributed by atoms with Crippen molar-refractivity contribution in [1.29, 1.82) is 0 Å². The van der Waals surface area contributed by atoms with Crippen LogP contribution in [0.4, 0.5) is 0 Å². The number of fused-ring (bicyclic) bond motifs is 1. The van der Waals surface area contributed by atoms with Gasteiger partial charge >= 0.3 is 0 Å². The Hall–Kier alpha value is -3.85. The van der Waals surface area contributed by atoms with E-state index in [2.05, 4.69) is 114 Å². The van der Waals surface area contributed by atoms with Crippen LogP contribution in [0.2, 0.25) is 0 Å². The molecule has 0 saturated carbocycles. The molecule has 0 spiro atoms. The SMILES string of the molecule is COc1c(-c2ccc(C(C)(C)C)cc2)cccc1-c1c(OC)c(-c2ccc(C(C)(C)C)cc2)cc2c1C(=O)CCC2. The topological polar surface area (TPSA) is 35.5 Å². The van der Waals surface area contributed by atoms with Crippen molar-refractivity contribution in [3.05, 3.63) is 95.1 Å². The minimum Gasteiger partial charge on any atom is -0.495 e. The van der Waals surface area contributed by atoms with Crippen LogP contribution in [0.15, 0.2) is 72.8 Å². The maximum absolute atomic E-state index is 13.5.